The molecule has 0 unspecified atom stereocenters. The Morgan fingerprint density at radius 2 is 2.21 bits per heavy atom. The number of carbonyl (C=O) groups is 1. The topological polar surface area (TPSA) is 55.1 Å². The van der Waals surface area contributed by atoms with Gasteiger partial charge in [0.2, 0.25) is 5.91 Å². The summed E-state index contributed by atoms with van der Waals surface area (Å²) < 4.78 is 0. The van der Waals surface area contributed by atoms with Crippen molar-refractivity contribution in [2.24, 2.45) is 5.92 Å². The van der Waals surface area contributed by atoms with E-state index in [1.165, 1.54) is 0 Å². The molecule has 1 aliphatic rings. The first kappa shape index (κ1) is 9.06. The lowest BCUT2D eigenvalue weighted by Gasteiger charge is -2.08. The highest BCUT2D eigenvalue weighted by Gasteiger charge is 2.29. The lowest BCUT2D eigenvalue weighted by molar-refractivity contribution is -0.117. The number of hydrogen-bond acceptors (Lipinski definition) is 2. The molecule has 0 aromatic heterocycles. The van der Waals surface area contributed by atoms with Crippen LogP contribution in [0.4, 0.5) is 11.4 Å². The molecule has 1 aromatic rings. The summed E-state index contributed by atoms with van der Waals surface area (Å²) in [4.78, 5) is 11.5. The summed E-state index contributed by atoms with van der Waals surface area (Å²) >= 11 is 0. The van der Waals surface area contributed by atoms with Crippen LogP contribution in [0.2, 0.25) is 0 Å². The van der Waals surface area contributed by atoms with Crippen LogP contribution in [0.5, 0.6) is 0 Å². The van der Waals surface area contributed by atoms with Gasteiger partial charge in [0.15, 0.2) is 0 Å². The fourth-order valence-electron chi connectivity index (χ4n) is 1.36. The molecule has 2 rings (SSSR count). The first-order valence-electron chi connectivity index (χ1n) is 4.84. The van der Waals surface area contributed by atoms with Gasteiger partial charge in [0.25, 0.3) is 0 Å². The van der Waals surface area contributed by atoms with Gasteiger partial charge >= 0.3 is 0 Å². The van der Waals surface area contributed by atoms with Crippen LogP contribution in [-0.2, 0) is 4.79 Å². The molecule has 0 aliphatic heterocycles. The molecule has 1 amide bonds. The Hall–Kier alpha value is -1.51. The first-order chi connectivity index (χ1) is 6.66. The highest BCUT2D eigenvalue weighted by molar-refractivity contribution is 5.96. The van der Waals surface area contributed by atoms with Crippen molar-refractivity contribution in [3.63, 3.8) is 0 Å². The van der Waals surface area contributed by atoms with Gasteiger partial charge in [0.1, 0.15) is 0 Å². The molecule has 0 saturated heterocycles. The van der Waals surface area contributed by atoms with Gasteiger partial charge in [-0.3, -0.25) is 4.79 Å². The molecule has 0 atom stereocenters. The van der Waals surface area contributed by atoms with Crippen LogP contribution in [0.3, 0.4) is 0 Å². The number of hydrogen-bond donors (Lipinski definition) is 2. The van der Waals surface area contributed by atoms with E-state index in [-0.39, 0.29) is 11.8 Å². The molecule has 3 N–H and O–H groups in total. The Labute approximate surface area is 83.3 Å². The van der Waals surface area contributed by atoms with Crippen molar-refractivity contribution in [2.75, 3.05) is 11.1 Å². The summed E-state index contributed by atoms with van der Waals surface area (Å²) in [6.45, 7) is 1.98. The summed E-state index contributed by atoms with van der Waals surface area (Å²) in [5, 5.41) is 2.85. The van der Waals surface area contributed by atoms with E-state index in [2.05, 4.69) is 5.32 Å². The zero-order valence-corrected chi connectivity index (χ0v) is 8.21. The summed E-state index contributed by atoms with van der Waals surface area (Å²) in [5.74, 6) is 0.317. The van der Waals surface area contributed by atoms with Gasteiger partial charge in [-0.05, 0) is 37.5 Å². The molecule has 1 aromatic carbocycles. The minimum atomic E-state index is 0.0994. The average molecular weight is 190 g/mol. The predicted octanol–water partition coefficient (Wildman–Crippen LogP) is 1.93. The predicted molar refractivity (Wildman–Crippen MR) is 56.9 cm³/mol. The Bertz CT molecular complexity index is 370. The third kappa shape index (κ3) is 1.87. The highest BCUT2D eigenvalue weighted by atomic mass is 16.2. The van der Waals surface area contributed by atoms with Crippen molar-refractivity contribution >= 4 is 17.3 Å². The molecule has 1 saturated carbocycles. The number of benzene rings is 1. The number of nitrogens with two attached hydrogens (primary N) is 1. The van der Waals surface area contributed by atoms with Gasteiger partial charge < -0.3 is 11.1 Å². The molecular formula is C11H14N2O. The second kappa shape index (κ2) is 3.33. The van der Waals surface area contributed by atoms with Gasteiger partial charge in [0.05, 0.1) is 11.4 Å². The minimum Gasteiger partial charge on any atom is -0.397 e. The van der Waals surface area contributed by atoms with Crippen LogP contribution in [0.25, 0.3) is 0 Å². The maximum atomic E-state index is 11.5. The van der Waals surface area contributed by atoms with Gasteiger partial charge in [-0.1, -0.05) is 6.07 Å². The zero-order chi connectivity index (χ0) is 10.1. The third-order valence-corrected chi connectivity index (χ3v) is 2.41. The van der Waals surface area contributed by atoms with Crippen molar-refractivity contribution in [1.29, 1.82) is 0 Å². The van der Waals surface area contributed by atoms with Crippen molar-refractivity contribution in [3.8, 4) is 0 Å². The molecule has 0 spiro atoms. The van der Waals surface area contributed by atoms with Crippen LogP contribution < -0.4 is 11.1 Å². The lowest BCUT2D eigenvalue weighted by Crippen LogP contribution is -2.14. The highest BCUT2D eigenvalue weighted by Crippen LogP contribution is 2.31. The van der Waals surface area contributed by atoms with E-state index in [4.69, 9.17) is 5.73 Å². The van der Waals surface area contributed by atoms with E-state index in [1.54, 1.807) is 0 Å². The maximum Gasteiger partial charge on any atom is 0.227 e. The van der Waals surface area contributed by atoms with Crippen molar-refractivity contribution < 1.29 is 4.79 Å². The van der Waals surface area contributed by atoms with E-state index >= 15 is 0 Å². The van der Waals surface area contributed by atoms with Crippen LogP contribution >= 0.6 is 0 Å². The molecule has 14 heavy (non-hydrogen) atoms. The van der Waals surface area contributed by atoms with Crippen LogP contribution in [0, 0.1) is 12.8 Å². The lowest BCUT2D eigenvalue weighted by atomic mass is 10.2. The van der Waals surface area contributed by atoms with Gasteiger partial charge in [-0.25, -0.2) is 0 Å². The number of nitrogen functional groups attached to an aromatic ring is 1. The van der Waals surface area contributed by atoms with Crippen molar-refractivity contribution in [1.82, 2.24) is 0 Å². The SMILES string of the molecule is Cc1ccc(N)c(NC(=O)C2CC2)c1. The fourth-order valence-corrected chi connectivity index (χ4v) is 1.36. The molecule has 74 valence electrons. The third-order valence-electron chi connectivity index (χ3n) is 2.41. The standard InChI is InChI=1S/C11H14N2O/c1-7-2-5-9(12)10(6-7)13-11(14)8-3-4-8/h2,5-6,8H,3-4,12H2,1H3,(H,13,14). The normalized spacial score (nSPS) is 15.2. The van der Waals surface area contributed by atoms with E-state index in [0.29, 0.717) is 5.69 Å². The molecule has 3 nitrogen and oxygen atoms in total. The van der Waals surface area contributed by atoms with E-state index < -0.39 is 0 Å². The summed E-state index contributed by atoms with van der Waals surface area (Å²) in [7, 11) is 0. The number of carbonyl (C=O) groups excluding carboxylic acids is 1. The molecule has 1 aliphatic carbocycles. The summed E-state index contributed by atoms with van der Waals surface area (Å²) in [6.07, 6.45) is 2.02. The molecule has 0 bridgehead atoms. The number of rotatable bonds is 2. The fraction of sp³-hybridized carbons (Fsp3) is 0.364. The monoisotopic (exact) mass is 190 g/mol. The van der Waals surface area contributed by atoms with Crippen LogP contribution in [-0.4, -0.2) is 5.91 Å². The molecule has 0 heterocycles. The van der Waals surface area contributed by atoms with Gasteiger partial charge in [-0.2, -0.15) is 0 Å². The minimum absolute atomic E-state index is 0.0994. The second-order valence-electron chi connectivity index (χ2n) is 3.85. The Morgan fingerprint density at radius 3 is 2.86 bits per heavy atom. The van der Waals surface area contributed by atoms with Crippen LogP contribution in [0.15, 0.2) is 18.2 Å². The molecule has 0 radical (unpaired) electrons. The Morgan fingerprint density at radius 1 is 1.50 bits per heavy atom. The summed E-state index contributed by atoms with van der Waals surface area (Å²) in [6, 6.07) is 5.65. The van der Waals surface area contributed by atoms with E-state index in [9.17, 15) is 4.79 Å². The molecular weight excluding hydrogens is 176 g/mol. The van der Waals surface area contributed by atoms with Crippen molar-refractivity contribution in [3.05, 3.63) is 23.8 Å². The Kier molecular flexibility index (Phi) is 2.15. The maximum absolute atomic E-state index is 11.5. The number of aryl methyl sites for hydroxylation is 1. The summed E-state index contributed by atoms with van der Waals surface area (Å²) in [5.41, 5.74) is 8.21. The van der Waals surface area contributed by atoms with E-state index in [0.717, 1.165) is 24.1 Å². The number of amides is 1. The molecule has 3 heteroatoms. The van der Waals surface area contributed by atoms with Crippen LogP contribution in [0.1, 0.15) is 18.4 Å². The molecule has 1 fully saturated rings. The number of anilines is 2. The smallest absolute Gasteiger partial charge is 0.227 e. The second-order valence-corrected chi connectivity index (χ2v) is 3.85. The quantitative estimate of drug-likeness (QED) is 0.700. The first-order valence-corrected chi connectivity index (χ1v) is 4.84. The number of nitrogens with one attached hydrogen (secondary N) is 1. The largest absolute Gasteiger partial charge is 0.397 e. The van der Waals surface area contributed by atoms with Crippen molar-refractivity contribution in [2.45, 2.75) is 19.8 Å². The van der Waals surface area contributed by atoms with Gasteiger partial charge in [-0.15, -0.1) is 0 Å². The van der Waals surface area contributed by atoms with Gasteiger partial charge in [0, 0.05) is 5.92 Å². The zero-order valence-electron chi connectivity index (χ0n) is 8.21. The van der Waals surface area contributed by atoms with E-state index in [1.807, 2.05) is 25.1 Å². The Balaban J connectivity index is 2.14. The average Bonchev–Trinajstić information content (AvgIpc) is 2.94.